The smallest absolute Gasteiger partial charge is 0.241 e. The normalized spacial score (nSPS) is 10.8. The zero-order valence-electron chi connectivity index (χ0n) is 10.1. The third-order valence-corrected chi connectivity index (χ3v) is 3.90. The van der Waals surface area contributed by atoms with Gasteiger partial charge < -0.3 is 0 Å². The third-order valence-electron chi connectivity index (χ3n) is 2.78. The Labute approximate surface area is 108 Å². The summed E-state index contributed by atoms with van der Waals surface area (Å²) < 4.78 is 1.76. The molecule has 6 heteroatoms. The second-order valence-electron chi connectivity index (χ2n) is 4.01. The van der Waals surface area contributed by atoms with Gasteiger partial charge >= 0.3 is 0 Å². The van der Waals surface area contributed by atoms with Crippen LogP contribution in [0.4, 0.5) is 0 Å². The van der Waals surface area contributed by atoms with Crippen LogP contribution in [-0.4, -0.2) is 20.5 Å². The quantitative estimate of drug-likeness (QED) is 0.713. The lowest BCUT2D eigenvalue weighted by Crippen LogP contribution is -2.31. The summed E-state index contributed by atoms with van der Waals surface area (Å²) in [6.45, 7) is 4.13. The van der Waals surface area contributed by atoms with Crippen LogP contribution in [0.15, 0.2) is 30.6 Å². The minimum atomic E-state index is 0.989. The molecular formula is C12H12N5S+. The molecule has 0 fully saturated rings. The summed E-state index contributed by atoms with van der Waals surface area (Å²) in [6.07, 6.45) is 1.64. The monoisotopic (exact) mass is 258 g/mol. The van der Waals surface area contributed by atoms with E-state index in [4.69, 9.17) is 0 Å². The van der Waals surface area contributed by atoms with E-state index < -0.39 is 0 Å². The van der Waals surface area contributed by atoms with Gasteiger partial charge in [-0.25, -0.2) is 4.98 Å². The van der Waals surface area contributed by atoms with Crippen molar-refractivity contribution in [1.29, 1.82) is 0 Å². The number of aryl methyl sites for hydroxylation is 2. The van der Waals surface area contributed by atoms with E-state index in [1.807, 2.05) is 19.1 Å². The first-order valence-corrected chi connectivity index (χ1v) is 6.38. The number of hydrogen-bond acceptors (Lipinski definition) is 4. The first kappa shape index (κ1) is 11.0. The average molecular weight is 258 g/mol. The third kappa shape index (κ3) is 1.91. The largest absolute Gasteiger partial charge is 0.293 e. The molecule has 0 atom stereocenters. The molecule has 0 amide bonds. The van der Waals surface area contributed by atoms with Crippen molar-refractivity contribution in [3.8, 4) is 16.3 Å². The van der Waals surface area contributed by atoms with Crippen LogP contribution in [-0.2, 0) is 0 Å². The Kier molecular flexibility index (Phi) is 2.64. The van der Waals surface area contributed by atoms with Crippen LogP contribution in [0.1, 0.15) is 10.6 Å². The second kappa shape index (κ2) is 4.30. The Morgan fingerprint density at radius 2 is 2.17 bits per heavy atom. The molecule has 0 aliphatic heterocycles. The van der Waals surface area contributed by atoms with Gasteiger partial charge in [0, 0.05) is 10.4 Å². The summed E-state index contributed by atoms with van der Waals surface area (Å²) >= 11 is 1.71. The summed E-state index contributed by atoms with van der Waals surface area (Å²) in [5, 5.41) is 11.3. The lowest BCUT2D eigenvalue weighted by molar-refractivity contribution is -0.660. The fourth-order valence-corrected chi connectivity index (χ4v) is 2.60. The Bertz CT molecular complexity index is 652. The maximum absolute atomic E-state index is 4.57. The van der Waals surface area contributed by atoms with Crippen LogP contribution in [0.5, 0.6) is 0 Å². The van der Waals surface area contributed by atoms with Gasteiger partial charge in [0.2, 0.25) is 0 Å². The van der Waals surface area contributed by atoms with Crippen molar-refractivity contribution in [3.05, 3.63) is 41.2 Å². The Morgan fingerprint density at radius 3 is 2.83 bits per heavy atom. The summed E-state index contributed by atoms with van der Waals surface area (Å²) in [4.78, 5) is 5.83. The van der Waals surface area contributed by atoms with E-state index in [1.165, 1.54) is 4.88 Å². The van der Waals surface area contributed by atoms with Gasteiger partial charge in [0.25, 0.3) is 6.33 Å². The molecule has 2 aromatic heterocycles. The Morgan fingerprint density at radius 1 is 1.28 bits per heavy atom. The van der Waals surface area contributed by atoms with Crippen molar-refractivity contribution >= 4 is 11.3 Å². The molecule has 2 heterocycles. The zero-order chi connectivity index (χ0) is 12.5. The summed E-state index contributed by atoms with van der Waals surface area (Å²) in [6, 6.07) is 8.13. The van der Waals surface area contributed by atoms with Crippen LogP contribution in [0, 0.1) is 13.8 Å². The van der Waals surface area contributed by atoms with Gasteiger partial charge in [0.15, 0.2) is 5.21 Å². The van der Waals surface area contributed by atoms with Crippen LogP contribution in [0.3, 0.4) is 0 Å². The fraction of sp³-hybridized carbons (Fsp3) is 0.167. The molecule has 1 aromatic carbocycles. The van der Waals surface area contributed by atoms with Crippen LogP contribution >= 0.6 is 11.3 Å². The summed E-state index contributed by atoms with van der Waals surface area (Å²) in [7, 11) is 0. The number of tetrazole rings is 1. The van der Waals surface area contributed by atoms with E-state index >= 15 is 0 Å². The minimum Gasteiger partial charge on any atom is -0.241 e. The van der Waals surface area contributed by atoms with E-state index in [9.17, 15) is 0 Å². The number of thiazole rings is 1. The number of rotatable bonds is 2. The molecule has 0 bridgehead atoms. The van der Waals surface area contributed by atoms with Crippen molar-refractivity contribution in [2.45, 2.75) is 13.8 Å². The molecule has 18 heavy (non-hydrogen) atoms. The molecule has 90 valence electrons. The van der Waals surface area contributed by atoms with Gasteiger partial charge in [-0.1, -0.05) is 17.3 Å². The van der Waals surface area contributed by atoms with E-state index in [2.05, 4.69) is 39.6 Å². The maximum atomic E-state index is 4.57. The fourth-order valence-electron chi connectivity index (χ4n) is 1.69. The van der Waals surface area contributed by atoms with E-state index in [0.29, 0.717) is 0 Å². The highest BCUT2D eigenvalue weighted by Crippen LogP contribution is 2.27. The van der Waals surface area contributed by atoms with E-state index in [-0.39, 0.29) is 0 Å². The molecule has 0 saturated heterocycles. The van der Waals surface area contributed by atoms with E-state index in [0.717, 1.165) is 22.0 Å². The maximum Gasteiger partial charge on any atom is 0.293 e. The standard InChI is InChI=1S/C12H11N5S/c1-8-9(2)18-12(14-8)10-4-3-5-11(6-10)17-7-13-15-16-17/h3-7H,1-2H3/p+1. The molecule has 3 rings (SSSR count). The minimum absolute atomic E-state index is 0.989. The molecule has 0 unspecified atom stereocenters. The van der Waals surface area contributed by atoms with Crippen LogP contribution < -0.4 is 4.68 Å². The highest BCUT2D eigenvalue weighted by molar-refractivity contribution is 7.15. The van der Waals surface area contributed by atoms with Gasteiger partial charge in [-0.2, -0.15) is 0 Å². The molecule has 0 aliphatic carbocycles. The first-order valence-electron chi connectivity index (χ1n) is 5.56. The molecule has 5 nitrogen and oxygen atoms in total. The van der Waals surface area contributed by atoms with Gasteiger partial charge in [-0.05, 0) is 26.0 Å². The second-order valence-corrected chi connectivity index (χ2v) is 5.22. The molecule has 0 spiro atoms. The van der Waals surface area contributed by atoms with Gasteiger partial charge in [0.1, 0.15) is 15.8 Å². The average Bonchev–Trinajstić information content (AvgIpc) is 3.01. The van der Waals surface area contributed by atoms with Gasteiger partial charge in [0.05, 0.1) is 5.69 Å². The number of aromatic amines is 1. The molecular weight excluding hydrogens is 246 g/mol. The van der Waals surface area contributed by atoms with Gasteiger partial charge in [-0.15, -0.1) is 16.0 Å². The van der Waals surface area contributed by atoms with Crippen molar-refractivity contribution in [1.82, 2.24) is 20.5 Å². The number of benzene rings is 1. The Balaban J connectivity index is 2.06. The molecule has 0 saturated carbocycles. The number of nitrogens with one attached hydrogen (secondary N) is 1. The summed E-state index contributed by atoms with van der Waals surface area (Å²) in [5.74, 6) is 0. The predicted octanol–water partition coefficient (Wildman–Crippen LogP) is 1.82. The lowest BCUT2D eigenvalue weighted by atomic mass is 10.2. The highest BCUT2D eigenvalue weighted by Gasteiger charge is 2.09. The van der Waals surface area contributed by atoms with Crippen molar-refractivity contribution in [2.24, 2.45) is 0 Å². The number of aromatic nitrogens is 5. The number of H-pyrrole nitrogens is 1. The highest BCUT2D eigenvalue weighted by atomic mass is 32.1. The summed E-state index contributed by atoms with van der Waals surface area (Å²) in [5.41, 5.74) is 3.19. The van der Waals surface area contributed by atoms with Crippen LogP contribution in [0.25, 0.3) is 16.3 Å². The van der Waals surface area contributed by atoms with E-state index in [1.54, 1.807) is 22.3 Å². The lowest BCUT2D eigenvalue weighted by Gasteiger charge is -1.98. The molecule has 1 N–H and O–H groups in total. The Hall–Kier alpha value is -2.08. The number of hydrogen-bond donors (Lipinski definition) is 1. The van der Waals surface area contributed by atoms with Crippen molar-refractivity contribution in [3.63, 3.8) is 0 Å². The van der Waals surface area contributed by atoms with Gasteiger partial charge in [-0.3, -0.25) is 0 Å². The SMILES string of the molecule is Cc1nc(-c2cccc(-[n+]3cnn[nH]3)c2)sc1C. The molecule has 3 aromatic rings. The topological polar surface area (TPSA) is 58.3 Å². The van der Waals surface area contributed by atoms with Crippen LogP contribution in [0.2, 0.25) is 0 Å². The zero-order valence-corrected chi connectivity index (χ0v) is 10.9. The van der Waals surface area contributed by atoms with Crippen molar-refractivity contribution < 1.29 is 4.68 Å². The molecule has 0 radical (unpaired) electrons. The number of nitrogens with zero attached hydrogens (tertiary/aromatic N) is 4. The van der Waals surface area contributed by atoms with Crippen molar-refractivity contribution in [2.75, 3.05) is 0 Å². The predicted molar refractivity (Wildman–Crippen MR) is 68.5 cm³/mol. The molecule has 0 aliphatic rings. The first-order chi connectivity index (χ1) is 8.74.